The van der Waals surface area contributed by atoms with E-state index in [1.54, 1.807) is 12.1 Å². The SMILES string of the molecule is COc1ccc(C)cc1S(=O)(=O)NC1CCNC1. The van der Waals surface area contributed by atoms with E-state index in [2.05, 4.69) is 10.0 Å². The Hall–Kier alpha value is -1.11. The van der Waals surface area contributed by atoms with Crippen molar-refractivity contribution in [1.82, 2.24) is 10.0 Å². The van der Waals surface area contributed by atoms with Gasteiger partial charge in [0.2, 0.25) is 10.0 Å². The Kier molecular flexibility index (Phi) is 3.89. The third kappa shape index (κ3) is 2.82. The van der Waals surface area contributed by atoms with E-state index in [-0.39, 0.29) is 10.9 Å². The molecule has 0 spiro atoms. The molecule has 1 unspecified atom stereocenters. The smallest absolute Gasteiger partial charge is 0.244 e. The summed E-state index contributed by atoms with van der Waals surface area (Å²) in [6.07, 6.45) is 0.813. The Labute approximate surface area is 108 Å². The average molecular weight is 270 g/mol. The van der Waals surface area contributed by atoms with Crippen LogP contribution < -0.4 is 14.8 Å². The second kappa shape index (κ2) is 5.26. The first-order chi connectivity index (χ1) is 8.53. The number of nitrogens with one attached hydrogen (secondary N) is 2. The Bertz CT molecular complexity index is 522. The van der Waals surface area contributed by atoms with Crippen LogP contribution in [0.1, 0.15) is 12.0 Å². The molecule has 1 atom stereocenters. The van der Waals surface area contributed by atoms with Crippen LogP contribution in [0.5, 0.6) is 5.75 Å². The molecule has 0 aromatic heterocycles. The molecule has 2 rings (SSSR count). The standard InChI is InChI=1S/C12H18N2O3S/c1-9-3-4-11(17-2)12(7-9)18(15,16)14-10-5-6-13-8-10/h3-4,7,10,13-14H,5-6,8H2,1-2H3. The van der Waals surface area contributed by atoms with Crippen molar-refractivity contribution < 1.29 is 13.2 Å². The van der Waals surface area contributed by atoms with Crippen LogP contribution in [-0.2, 0) is 10.0 Å². The van der Waals surface area contributed by atoms with Gasteiger partial charge >= 0.3 is 0 Å². The Morgan fingerprint density at radius 1 is 1.44 bits per heavy atom. The lowest BCUT2D eigenvalue weighted by Gasteiger charge is -2.14. The summed E-state index contributed by atoms with van der Waals surface area (Å²) in [5, 5.41) is 3.13. The first kappa shape index (κ1) is 13.3. The van der Waals surface area contributed by atoms with Gasteiger partial charge in [-0.05, 0) is 37.6 Å². The molecule has 18 heavy (non-hydrogen) atoms. The summed E-state index contributed by atoms with van der Waals surface area (Å²) in [4.78, 5) is 0.205. The van der Waals surface area contributed by atoms with Crippen LogP contribution in [0.2, 0.25) is 0 Å². The fourth-order valence-electron chi connectivity index (χ4n) is 2.03. The van der Waals surface area contributed by atoms with Crippen molar-refractivity contribution in [2.45, 2.75) is 24.3 Å². The van der Waals surface area contributed by atoms with Gasteiger partial charge in [-0.1, -0.05) is 6.07 Å². The molecule has 1 aromatic carbocycles. The Morgan fingerprint density at radius 3 is 2.83 bits per heavy atom. The van der Waals surface area contributed by atoms with E-state index in [0.29, 0.717) is 12.3 Å². The van der Waals surface area contributed by atoms with Crippen molar-refractivity contribution in [2.75, 3.05) is 20.2 Å². The molecule has 1 aromatic rings. The van der Waals surface area contributed by atoms with E-state index in [9.17, 15) is 8.42 Å². The zero-order valence-corrected chi connectivity index (χ0v) is 11.4. The zero-order valence-electron chi connectivity index (χ0n) is 10.6. The zero-order chi connectivity index (χ0) is 13.2. The third-order valence-corrected chi connectivity index (χ3v) is 4.53. The number of methoxy groups -OCH3 is 1. The van der Waals surface area contributed by atoms with Crippen LogP contribution in [0.25, 0.3) is 0 Å². The maximum absolute atomic E-state index is 12.3. The van der Waals surface area contributed by atoms with Crippen molar-refractivity contribution in [2.24, 2.45) is 0 Å². The normalized spacial score (nSPS) is 20.0. The summed E-state index contributed by atoms with van der Waals surface area (Å²) in [6, 6.07) is 5.09. The molecule has 6 heteroatoms. The molecule has 0 amide bonds. The molecule has 1 heterocycles. The minimum Gasteiger partial charge on any atom is -0.495 e. The van der Waals surface area contributed by atoms with Crippen molar-refractivity contribution in [3.63, 3.8) is 0 Å². The lowest BCUT2D eigenvalue weighted by atomic mass is 10.2. The molecule has 1 fully saturated rings. The van der Waals surface area contributed by atoms with Gasteiger partial charge in [0.25, 0.3) is 0 Å². The fourth-order valence-corrected chi connectivity index (χ4v) is 3.56. The van der Waals surface area contributed by atoms with Gasteiger partial charge in [-0.2, -0.15) is 0 Å². The van der Waals surface area contributed by atoms with Crippen LogP contribution in [-0.4, -0.2) is 34.7 Å². The molecular weight excluding hydrogens is 252 g/mol. The predicted octanol–water partition coefficient (Wildman–Crippen LogP) is 0.644. The van der Waals surface area contributed by atoms with Crippen molar-refractivity contribution in [3.05, 3.63) is 23.8 Å². The number of ether oxygens (including phenoxy) is 1. The molecule has 1 aliphatic rings. The monoisotopic (exact) mass is 270 g/mol. The van der Waals surface area contributed by atoms with Gasteiger partial charge in [-0.15, -0.1) is 0 Å². The van der Waals surface area contributed by atoms with Gasteiger partial charge in [-0.25, -0.2) is 13.1 Å². The quantitative estimate of drug-likeness (QED) is 0.843. The molecule has 1 aliphatic heterocycles. The third-order valence-electron chi connectivity index (χ3n) is 2.99. The summed E-state index contributed by atoms with van der Waals surface area (Å²) < 4.78 is 32.4. The topological polar surface area (TPSA) is 67.4 Å². The summed E-state index contributed by atoms with van der Waals surface area (Å²) in [7, 11) is -2.05. The highest BCUT2D eigenvalue weighted by Gasteiger charge is 2.25. The number of hydrogen-bond acceptors (Lipinski definition) is 4. The highest BCUT2D eigenvalue weighted by molar-refractivity contribution is 7.89. The highest BCUT2D eigenvalue weighted by atomic mass is 32.2. The van der Waals surface area contributed by atoms with Gasteiger partial charge in [0.15, 0.2) is 0 Å². The van der Waals surface area contributed by atoms with Crippen molar-refractivity contribution >= 4 is 10.0 Å². The molecule has 1 saturated heterocycles. The average Bonchev–Trinajstić information content (AvgIpc) is 2.81. The van der Waals surface area contributed by atoms with E-state index in [1.807, 2.05) is 13.0 Å². The molecule has 0 radical (unpaired) electrons. The molecule has 5 nitrogen and oxygen atoms in total. The highest BCUT2D eigenvalue weighted by Crippen LogP contribution is 2.25. The predicted molar refractivity (Wildman–Crippen MR) is 69.3 cm³/mol. The number of hydrogen-bond donors (Lipinski definition) is 2. The summed E-state index contributed by atoms with van der Waals surface area (Å²) in [5.41, 5.74) is 0.890. The fraction of sp³-hybridized carbons (Fsp3) is 0.500. The summed E-state index contributed by atoms with van der Waals surface area (Å²) >= 11 is 0. The second-order valence-electron chi connectivity index (χ2n) is 4.47. The minimum atomic E-state index is -3.52. The summed E-state index contributed by atoms with van der Waals surface area (Å²) in [6.45, 7) is 3.38. The molecule has 0 bridgehead atoms. The van der Waals surface area contributed by atoms with E-state index < -0.39 is 10.0 Å². The van der Waals surface area contributed by atoms with E-state index in [1.165, 1.54) is 7.11 Å². The van der Waals surface area contributed by atoms with Gasteiger partial charge in [0.05, 0.1) is 7.11 Å². The van der Waals surface area contributed by atoms with E-state index in [0.717, 1.165) is 18.5 Å². The first-order valence-electron chi connectivity index (χ1n) is 5.90. The Morgan fingerprint density at radius 2 is 2.22 bits per heavy atom. The van der Waals surface area contributed by atoms with Crippen LogP contribution in [0.15, 0.2) is 23.1 Å². The minimum absolute atomic E-state index is 0.0415. The van der Waals surface area contributed by atoms with Crippen LogP contribution >= 0.6 is 0 Å². The second-order valence-corrected chi connectivity index (χ2v) is 6.15. The van der Waals surface area contributed by atoms with E-state index >= 15 is 0 Å². The number of aryl methyl sites for hydroxylation is 1. The number of rotatable bonds is 4. The lowest BCUT2D eigenvalue weighted by Crippen LogP contribution is -2.36. The molecule has 0 aliphatic carbocycles. The Balaban J connectivity index is 2.30. The van der Waals surface area contributed by atoms with Crippen molar-refractivity contribution in [1.29, 1.82) is 0 Å². The largest absolute Gasteiger partial charge is 0.495 e. The van der Waals surface area contributed by atoms with Gasteiger partial charge < -0.3 is 10.1 Å². The molecule has 2 N–H and O–H groups in total. The van der Waals surface area contributed by atoms with Crippen LogP contribution in [0.4, 0.5) is 0 Å². The number of benzene rings is 1. The lowest BCUT2D eigenvalue weighted by molar-refractivity contribution is 0.402. The molecular formula is C12H18N2O3S. The van der Waals surface area contributed by atoms with Gasteiger partial charge in [0, 0.05) is 12.6 Å². The van der Waals surface area contributed by atoms with Crippen molar-refractivity contribution in [3.8, 4) is 5.75 Å². The number of sulfonamides is 1. The first-order valence-corrected chi connectivity index (χ1v) is 7.39. The summed E-state index contributed by atoms with van der Waals surface area (Å²) in [5.74, 6) is 0.374. The van der Waals surface area contributed by atoms with Crippen LogP contribution in [0.3, 0.4) is 0 Å². The van der Waals surface area contributed by atoms with Crippen LogP contribution in [0, 0.1) is 6.92 Å². The maximum atomic E-state index is 12.3. The molecule has 100 valence electrons. The maximum Gasteiger partial charge on any atom is 0.244 e. The molecule has 0 saturated carbocycles. The van der Waals surface area contributed by atoms with Gasteiger partial charge in [0.1, 0.15) is 10.6 Å². The van der Waals surface area contributed by atoms with Gasteiger partial charge in [-0.3, -0.25) is 0 Å². The van der Waals surface area contributed by atoms with E-state index in [4.69, 9.17) is 4.74 Å².